The summed E-state index contributed by atoms with van der Waals surface area (Å²) in [5.74, 6) is 1.93. The second-order valence-electron chi connectivity index (χ2n) is 5.02. The number of H-pyrrole nitrogens is 1. The number of ether oxygens (including phenoxy) is 1. The summed E-state index contributed by atoms with van der Waals surface area (Å²) >= 11 is 0. The highest BCUT2D eigenvalue weighted by molar-refractivity contribution is 5.76. The number of fused-ring (bicyclic) bond motifs is 1. The van der Waals surface area contributed by atoms with Crippen molar-refractivity contribution in [3.8, 4) is 5.75 Å². The Morgan fingerprint density at radius 3 is 2.80 bits per heavy atom. The van der Waals surface area contributed by atoms with Gasteiger partial charge in [-0.25, -0.2) is 4.98 Å². The van der Waals surface area contributed by atoms with Crippen molar-refractivity contribution in [3.63, 3.8) is 0 Å². The lowest BCUT2D eigenvalue weighted by molar-refractivity contribution is 0.269. The van der Waals surface area contributed by atoms with Gasteiger partial charge in [-0.15, -0.1) is 0 Å². The molecule has 4 heteroatoms. The Bertz CT molecular complexity index is 536. The summed E-state index contributed by atoms with van der Waals surface area (Å²) in [6.07, 6.45) is 2.47. The topological polar surface area (TPSA) is 41.2 Å². The van der Waals surface area contributed by atoms with Gasteiger partial charge in [-0.1, -0.05) is 20.3 Å². The van der Waals surface area contributed by atoms with Gasteiger partial charge >= 0.3 is 0 Å². The van der Waals surface area contributed by atoms with Crippen LogP contribution in [0.4, 0.5) is 0 Å². The molecule has 0 saturated heterocycles. The molecule has 0 spiro atoms. The van der Waals surface area contributed by atoms with Crippen LogP contribution in [0.2, 0.25) is 0 Å². The van der Waals surface area contributed by atoms with Crippen LogP contribution >= 0.6 is 0 Å². The van der Waals surface area contributed by atoms with Crippen molar-refractivity contribution in [2.24, 2.45) is 0 Å². The average molecular weight is 275 g/mol. The van der Waals surface area contributed by atoms with Crippen molar-refractivity contribution >= 4 is 11.0 Å². The Labute approximate surface area is 121 Å². The molecule has 4 nitrogen and oxygen atoms in total. The minimum atomic E-state index is 0.688. The zero-order chi connectivity index (χ0) is 14.4. The second kappa shape index (κ2) is 7.29. The predicted molar refractivity (Wildman–Crippen MR) is 83.1 cm³/mol. The van der Waals surface area contributed by atoms with Gasteiger partial charge in [0.1, 0.15) is 11.6 Å². The van der Waals surface area contributed by atoms with E-state index in [4.69, 9.17) is 4.74 Å². The Hall–Kier alpha value is -1.55. The van der Waals surface area contributed by atoms with Crippen LogP contribution in [0.5, 0.6) is 5.75 Å². The van der Waals surface area contributed by atoms with Crippen molar-refractivity contribution in [1.82, 2.24) is 14.9 Å². The molecule has 0 aliphatic carbocycles. The molecule has 1 N–H and O–H groups in total. The van der Waals surface area contributed by atoms with E-state index in [0.717, 1.165) is 42.2 Å². The molecule has 0 saturated carbocycles. The molecule has 1 heterocycles. The molecule has 0 atom stereocenters. The molecule has 0 amide bonds. The van der Waals surface area contributed by atoms with E-state index in [1.807, 2.05) is 25.1 Å². The van der Waals surface area contributed by atoms with E-state index in [-0.39, 0.29) is 0 Å². The minimum absolute atomic E-state index is 0.688. The van der Waals surface area contributed by atoms with Crippen molar-refractivity contribution in [3.05, 3.63) is 24.0 Å². The lowest BCUT2D eigenvalue weighted by Gasteiger charge is -2.18. The molecule has 1 aromatic heterocycles. The molecule has 0 aliphatic heterocycles. The quantitative estimate of drug-likeness (QED) is 0.800. The van der Waals surface area contributed by atoms with E-state index in [9.17, 15) is 0 Å². The molecule has 0 aliphatic rings. The van der Waals surface area contributed by atoms with Gasteiger partial charge in [0, 0.05) is 6.07 Å². The van der Waals surface area contributed by atoms with E-state index >= 15 is 0 Å². The summed E-state index contributed by atoms with van der Waals surface area (Å²) in [6, 6.07) is 6.02. The Balaban J connectivity index is 2.10. The van der Waals surface area contributed by atoms with Crippen LogP contribution < -0.4 is 4.74 Å². The van der Waals surface area contributed by atoms with Crippen molar-refractivity contribution in [1.29, 1.82) is 0 Å². The first kappa shape index (κ1) is 14.9. The van der Waals surface area contributed by atoms with Crippen LogP contribution in [0.25, 0.3) is 11.0 Å². The normalized spacial score (nSPS) is 11.4. The lowest BCUT2D eigenvalue weighted by atomic mass is 10.3. The first-order valence-corrected chi connectivity index (χ1v) is 7.60. The van der Waals surface area contributed by atoms with Crippen LogP contribution in [-0.2, 0) is 6.54 Å². The van der Waals surface area contributed by atoms with Gasteiger partial charge in [-0.05, 0) is 38.6 Å². The van der Waals surface area contributed by atoms with Gasteiger partial charge in [-0.2, -0.15) is 0 Å². The summed E-state index contributed by atoms with van der Waals surface area (Å²) in [6.45, 7) is 10.2. The molecule has 2 rings (SSSR count). The van der Waals surface area contributed by atoms with E-state index in [0.29, 0.717) is 6.61 Å². The number of aromatic nitrogens is 2. The van der Waals surface area contributed by atoms with Gasteiger partial charge in [0.25, 0.3) is 0 Å². The molecular formula is C16H25N3O. The summed E-state index contributed by atoms with van der Waals surface area (Å²) in [4.78, 5) is 10.5. The first-order valence-electron chi connectivity index (χ1n) is 7.60. The highest BCUT2D eigenvalue weighted by Gasteiger charge is 2.08. The summed E-state index contributed by atoms with van der Waals surface area (Å²) < 4.78 is 5.52. The second-order valence-corrected chi connectivity index (χ2v) is 5.02. The zero-order valence-electron chi connectivity index (χ0n) is 12.8. The maximum Gasteiger partial charge on any atom is 0.121 e. The number of nitrogens with one attached hydrogen (secondary N) is 1. The highest BCUT2D eigenvalue weighted by atomic mass is 16.5. The third-order valence-electron chi connectivity index (χ3n) is 3.46. The standard InChI is InChI=1S/C16H25N3O/c1-4-7-10-19(5-2)12-16-17-14-9-8-13(20-6-3)11-15(14)18-16/h8-9,11H,4-7,10,12H2,1-3H3,(H,17,18). The largest absolute Gasteiger partial charge is 0.494 e. The van der Waals surface area contributed by atoms with Gasteiger partial charge in [0.05, 0.1) is 24.2 Å². The Kier molecular flexibility index (Phi) is 5.41. The Morgan fingerprint density at radius 1 is 1.25 bits per heavy atom. The van der Waals surface area contributed by atoms with Gasteiger partial charge in [-0.3, -0.25) is 4.90 Å². The third-order valence-corrected chi connectivity index (χ3v) is 3.46. The number of unbranched alkanes of at least 4 members (excludes halogenated alkanes) is 1. The molecule has 2 aromatic rings. The third kappa shape index (κ3) is 3.73. The van der Waals surface area contributed by atoms with Crippen molar-refractivity contribution in [2.45, 2.75) is 40.2 Å². The SMILES string of the molecule is CCCCN(CC)Cc1nc2ccc(OCC)cc2[nH]1. The van der Waals surface area contributed by atoms with Crippen molar-refractivity contribution in [2.75, 3.05) is 19.7 Å². The van der Waals surface area contributed by atoms with Gasteiger partial charge in [0.15, 0.2) is 0 Å². The fourth-order valence-electron chi connectivity index (χ4n) is 2.32. The highest BCUT2D eigenvalue weighted by Crippen LogP contribution is 2.19. The van der Waals surface area contributed by atoms with Crippen LogP contribution in [0.3, 0.4) is 0 Å². The number of benzene rings is 1. The number of hydrogen-bond donors (Lipinski definition) is 1. The average Bonchev–Trinajstić information content (AvgIpc) is 2.85. The molecule has 0 bridgehead atoms. The number of aromatic amines is 1. The predicted octanol–water partition coefficient (Wildman–Crippen LogP) is 3.58. The van der Waals surface area contributed by atoms with E-state index in [1.165, 1.54) is 12.8 Å². The van der Waals surface area contributed by atoms with E-state index in [2.05, 4.69) is 28.7 Å². The van der Waals surface area contributed by atoms with Gasteiger partial charge < -0.3 is 9.72 Å². The monoisotopic (exact) mass is 275 g/mol. The number of nitrogens with zero attached hydrogens (tertiary/aromatic N) is 2. The lowest BCUT2D eigenvalue weighted by Crippen LogP contribution is -2.24. The molecule has 1 aromatic carbocycles. The summed E-state index contributed by atoms with van der Waals surface area (Å²) in [5.41, 5.74) is 2.06. The molecule has 110 valence electrons. The van der Waals surface area contributed by atoms with Crippen LogP contribution in [0, 0.1) is 0 Å². The van der Waals surface area contributed by atoms with Crippen molar-refractivity contribution < 1.29 is 4.74 Å². The van der Waals surface area contributed by atoms with Gasteiger partial charge in [0.2, 0.25) is 0 Å². The number of imidazole rings is 1. The maximum absolute atomic E-state index is 5.52. The smallest absolute Gasteiger partial charge is 0.121 e. The van der Waals surface area contributed by atoms with Crippen LogP contribution in [-0.4, -0.2) is 34.6 Å². The number of hydrogen-bond acceptors (Lipinski definition) is 3. The Morgan fingerprint density at radius 2 is 2.10 bits per heavy atom. The fraction of sp³-hybridized carbons (Fsp3) is 0.562. The van der Waals surface area contributed by atoms with E-state index < -0.39 is 0 Å². The van der Waals surface area contributed by atoms with Crippen LogP contribution in [0.1, 0.15) is 39.4 Å². The molecular weight excluding hydrogens is 250 g/mol. The zero-order valence-corrected chi connectivity index (χ0v) is 12.8. The summed E-state index contributed by atoms with van der Waals surface area (Å²) in [5, 5.41) is 0. The summed E-state index contributed by atoms with van der Waals surface area (Å²) in [7, 11) is 0. The number of rotatable bonds is 8. The maximum atomic E-state index is 5.52. The molecule has 0 unspecified atom stereocenters. The first-order chi connectivity index (χ1) is 9.76. The minimum Gasteiger partial charge on any atom is -0.494 e. The molecule has 0 fully saturated rings. The van der Waals surface area contributed by atoms with E-state index in [1.54, 1.807) is 0 Å². The fourth-order valence-corrected chi connectivity index (χ4v) is 2.32. The molecule has 20 heavy (non-hydrogen) atoms. The molecule has 0 radical (unpaired) electrons. The van der Waals surface area contributed by atoms with Crippen LogP contribution in [0.15, 0.2) is 18.2 Å².